The molecule has 0 saturated carbocycles. The lowest BCUT2D eigenvalue weighted by atomic mass is 9.99. The monoisotopic (exact) mass is 271 g/mol. The molecule has 1 aliphatic rings. The van der Waals surface area contributed by atoms with E-state index in [4.69, 9.17) is 16.4 Å². The van der Waals surface area contributed by atoms with Gasteiger partial charge in [0.2, 0.25) is 0 Å². The molecule has 0 unspecified atom stereocenters. The number of aliphatic hydroxyl groups excluding tert-OH is 3. The first-order chi connectivity index (χ1) is 8.65. The van der Waals surface area contributed by atoms with Gasteiger partial charge in [0.1, 0.15) is 18.3 Å². The van der Waals surface area contributed by atoms with Gasteiger partial charge in [0, 0.05) is 6.20 Å². The van der Waals surface area contributed by atoms with Gasteiger partial charge in [-0.1, -0.05) is 0 Å². The number of hydrogen-bond acceptors (Lipinski definition) is 7. The molecule has 1 saturated heterocycles. The summed E-state index contributed by atoms with van der Waals surface area (Å²) in [7, 11) is 0. The number of aromatic nitrogens is 1. The Morgan fingerprint density at radius 2 is 2.33 bits per heavy atom. The first kappa shape index (κ1) is 13.2. The van der Waals surface area contributed by atoms with Crippen molar-refractivity contribution in [2.75, 3.05) is 18.5 Å². The van der Waals surface area contributed by atoms with Gasteiger partial charge in [0.05, 0.1) is 25.8 Å². The zero-order chi connectivity index (χ0) is 13.1. The summed E-state index contributed by atoms with van der Waals surface area (Å²) in [5.74, 6) is 0. The molecule has 0 radical (unpaired) electrons. The number of aliphatic hydroxyl groups is 3. The number of ether oxygens (including phenoxy) is 1. The Kier molecular flexibility index (Phi) is 4.11. The van der Waals surface area contributed by atoms with Crippen LogP contribution in [0.3, 0.4) is 0 Å². The van der Waals surface area contributed by atoms with Crippen molar-refractivity contribution < 1.29 is 20.1 Å². The van der Waals surface area contributed by atoms with Crippen molar-refractivity contribution in [3.63, 3.8) is 0 Å². The zero-order valence-electron chi connectivity index (χ0n) is 9.35. The van der Waals surface area contributed by atoms with Gasteiger partial charge in [-0.15, -0.1) is 11.3 Å². The molecule has 4 N–H and O–H groups in total. The van der Waals surface area contributed by atoms with Crippen molar-refractivity contribution in [3.05, 3.63) is 17.6 Å². The summed E-state index contributed by atoms with van der Waals surface area (Å²) in [6.07, 6.45) is -1.55. The number of nitrogens with one attached hydrogen (secondary N) is 1. The van der Waals surface area contributed by atoms with E-state index in [1.165, 1.54) is 6.20 Å². The minimum atomic E-state index is -1.15. The summed E-state index contributed by atoms with van der Waals surface area (Å²) in [5.41, 5.74) is 0. The fraction of sp³-hybridized carbons (Fsp3) is 0.600. The Morgan fingerprint density at radius 1 is 1.56 bits per heavy atom. The first-order valence-corrected chi connectivity index (χ1v) is 6.15. The Morgan fingerprint density at radius 3 is 2.94 bits per heavy atom. The highest BCUT2D eigenvalue weighted by Gasteiger charge is 2.38. The van der Waals surface area contributed by atoms with Crippen LogP contribution < -0.4 is 5.32 Å². The Bertz CT molecular complexity index is 447. The maximum absolute atomic E-state index is 9.88. The van der Waals surface area contributed by atoms with Gasteiger partial charge < -0.3 is 25.4 Å². The minimum Gasteiger partial charge on any atom is -0.394 e. The average molecular weight is 271 g/mol. The van der Waals surface area contributed by atoms with Crippen LogP contribution in [-0.2, 0) is 4.74 Å². The van der Waals surface area contributed by atoms with Crippen molar-refractivity contribution in [2.45, 2.75) is 24.4 Å². The molecule has 0 amide bonds. The highest BCUT2D eigenvalue weighted by Crippen LogP contribution is 2.27. The molecular weight excluding hydrogens is 258 g/mol. The lowest BCUT2D eigenvalue weighted by molar-refractivity contribution is -0.152. The van der Waals surface area contributed by atoms with Gasteiger partial charge in [0.15, 0.2) is 5.13 Å². The molecule has 1 aliphatic heterocycles. The molecule has 7 nitrogen and oxygen atoms in total. The molecule has 8 heteroatoms. The molecular formula is C10H13N3O4S. The zero-order valence-corrected chi connectivity index (χ0v) is 10.2. The van der Waals surface area contributed by atoms with E-state index in [0.717, 1.165) is 11.3 Å². The molecule has 98 valence electrons. The maximum Gasteiger partial charge on any atom is 0.262 e. The quantitative estimate of drug-likeness (QED) is 0.558. The fourth-order valence-electron chi connectivity index (χ4n) is 1.71. The maximum atomic E-state index is 9.88. The number of rotatable bonds is 3. The van der Waals surface area contributed by atoms with E-state index in [2.05, 4.69) is 15.1 Å². The predicted octanol–water partition coefficient (Wildman–Crippen LogP) is -0.413. The third kappa shape index (κ3) is 2.60. The van der Waals surface area contributed by atoms with Crippen LogP contribution in [0.5, 0.6) is 0 Å². The van der Waals surface area contributed by atoms with Gasteiger partial charge in [-0.05, 0) is 0 Å². The molecule has 0 aliphatic carbocycles. The van der Waals surface area contributed by atoms with Gasteiger partial charge in [-0.2, -0.15) is 0 Å². The molecule has 0 aromatic carbocycles. The molecule has 1 aromatic rings. The van der Waals surface area contributed by atoms with Crippen LogP contribution in [0.25, 0.3) is 4.85 Å². The second-order valence-corrected chi connectivity index (χ2v) is 4.91. The van der Waals surface area contributed by atoms with E-state index < -0.39 is 24.4 Å². The molecule has 1 fully saturated rings. The molecule has 1 aromatic heterocycles. The summed E-state index contributed by atoms with van der Waals surface area (Å²) in [6, 6.07) is -0.521. The van der Waals surface area contributed by atoms with E-state index in [1.807, 2.05) is 0 Å². The van der Waals surface area contributed by atoms with E-state index in [9.17, 15) is 10.2 Å². The van der Waals surface area contributed by atoms with Crippen molar-refractivity contribution in [3.8, 4) is 0 Å². The van der Waals surface area contributed by atoms with E-state index in [1.54, 1.807) is 0 Å². The van der Waals surface area contributed by atoms with Crippen molar-refractivity contribution in [1.29, 1.82) is 0 Å². The molecule has 18 heavy (non-hydrogen) atoms. The summed E-state index contributed by atoms with van der Waals surface area (Å²) < 4.78 is 5.22. The first-order valence-electron chi connectivity index (χ1n) is 5.34. The van der Waals surface area contributed by atoms with E-state index >= 15 is 0 Å². The third-order valence-electron chi connectivity index (χ3n) is 2.73. The predicted molar refractivity (Wildman–Crippen MR) is 64.6 cm³/mol. The van der Waals surface area contributed by atoms with Crippen LogP contribution >= 0.6 is 11.3 Å². The largest absolute Gasteiger partial charge is 0.394 e. The average Bonchev–Trinajstić information content (AvgIpc) is 2.83. The Hall–Kier alpha value is -1.24. The normalized spacial score (nSPS) is 31.9. The summed E-state index contributed by atoms with van der Waals surface area (Å²) >= 11 is 1.16. The van der Waals surface area contributed by atoms with Gasteiger partial charge in [-0.25, -0.2) is 9.83 Å². The molecule has 0 bridgehead atoms. The van der Waals surface area contributed by atoms with Crippen molar-refractivity contribution in [1.82, 2.24) is 4.98 Å². The summed E-state index contributed by atoms with van der Waals surface area (Å²) in [6.45, 7) is 6.63. The van der Waals surface area contributed by atoms with Gasteiger partial charge in [0.25, 0.3) is 5.00 Å². The van der Waals surface area contributed by atoms with Crippen LogP contribution in [0.1, 0.15) is 0 Å². The van der Waals surface area contributed by atoms with Crippen molar-refractivity contribution >= 4 is 21.5 Å². The molecule has 2 rings (SSSR count). The van der Waals surface area contributed by atoms with E-state index in [-0.39, 0.29) is 13.2 Å². The minimum absolute atomic E-state index is 0.149. The Balaban J connectivity index is 2.00. The standard InChI is InChI=1S/C10H13N3O4S/c1-11-7-2-12-10(18-7)13-5-4-17-6(3-14)9(16)8(5)15/h2,5-6,8-9,14-16H,3-4H2,(H,12,13)/t5-,6+,8+,9-/m0/s1. The molecule has 0 spiro atoms. The lowest BCUT2D eigenvalue weighted by Gasteiger charge is -2.37. The molecule has 2 heterocycles. The second-order valence-electron chi connectivity index (χ2n) is 3.90. The number of nitrogens with zero attached hydrogens (tertiary/aromatic N) is 2. The van der Waals surface area contributed by atoms with E-state index in [0.29, 0.717) is 10.1 Å². The smallest absolute Gasteiger partial charge is 0.262 e. The SMILES string of the molecule is [C-]#[N+]c1cnc(N[C@H]2CO[C@H](CO)[C@H](O)[C@@H]2O)s1. The fourth-order valence-corrected chi connectivity index (χ4v) is 2.38. The third-order valence-corrected chi connectivity index (χ3v) is 3.55. The second kappa shape index (κ2) is 5.60. The van der Waals surface area contributed by atoms with Crippen LogP contribution in [-0.4, -0.2) is 57.9 Å². The summed E-state index contributed by atoms with van der Waals surface area (Å²) in [5, 5.41) is 32.3. The van der Waals surface area contributed by atoms with Crippen LogP contribution in [0.2, 0.25) is 0 Å². The van der Waals surface area contributed by atoms with Crippen LogP contribution in [0, 0.1) is 6.57 Å². The highest BCUT2D eigenvalue weighted by atomic mass is 32.1. The van der Waals surface area contributed by atoms with Gasteiger partial charge in [-0.3, -0.25) is 0 Å². The van der Waals surface area contributed by atoms with Crippen LogP contribution in [0.15, 0.2) is 6.20 Å². The number of thiazole rings is 1. The molecule has 4 atom stereocenters. The van der Waals surface area contributed by atoms with Crippen LogP contribution in [0.4, 0.5) is 10.1 Å². The van der Waals surface area contributed by atoms with Gasteiger partial charge >= 0.3 is 0 Å². The van der Waals surface area contributed by atoms with Crippen molar-refractivity contribution in [2.24, 2.45) is 0 Å². The topological polar surface area (TPSA) is 99.2 Å². The number of hydrogen-bond donors (Lipinski definition) is 4. The lowest BCUT2D eigenvalue weighted by Crippen LogP contribution is -2.56. The summed E-state index contributed by atoms with van der Waals surface area (Å²) in [4.78, 5) is 7.21. The number of anilines is 1. The highest BCUT2D eigenvalue weighted by molar-refractivity contribution is 7.19. The Labute approximate surface area is 107 Å².